The van der Waals surface area contributed by atoms with E-state index in [4.69, 9.17) is 0 Å². The van der Waals surface area contributed by atoms with E-state index in [1.165, 1.54) is 16.1 Å². The van der Waals surface area contributed by atoms with Crippen LogP contribution in [-0.4, -0.2) is 32.4 Å². The maximum Gasteiger partial charge on any atom is 0.106 e. The van der Waals surface area contributed by atoms with Gasteiger partial charge in [0.25, 0.3) is 0 Å². The van der Waals surface area contributed by atoms with E-state index >= 15 is 0 Å². The van der Waals surface area contributed by atoms with Crippen LogP contribution in [0.2, 0.25) is 0 Å². The van der Waals surface area contributed by atoms with Crippen LogP contribution >= 0.6 is 0 Å². The topological polar surface area (TPSA) is 41.3 Å². The Balaban J connectivity index is 2.18. The Morgan fingerprint density at radius 3 is 2.68 bits per heavy atom. The number of imidazole rings is 1. The molecular formula is C15H23N3O. The minimum atomic E-state index is -0.213. The lowest BCUT2D eigenvalue weighted by molar-refractivity contribution is -0.141. The predicted octanol–water partition coefficient (Wildman–Crippen LogP) is 2.91. The van der Waals surface area contributed by atoms with Crippen molar-refractivity contribution in [3.63, 3.8) is 0 Å². The maximum atomic E-state index is 9.59. The van der Waals surface area contributed by atoms with E-state index in [0.29, 0.717) is 0 Å². The van der Waals surface area contributed by atoms with Crippen LogP contribution in [0.3, 0.4) is 0 Å². The number of benzene rings is 1. The molecule has 1 N–H and O–H groups in total. The summed E-state index contributed by atoms with van der Waals surface area (Å²) in [7, 11) is 3.74. The monoisotopic (exact) mass is 261 g/mol. The number of hydroxylamine groups is 2. The van der Waals surface area contributed by atoms with Crippen molar-refractivity contribution in [2.75, 3.05) is 7.05 Å². The summed E-state index contributed by atoms with van der Waals surface area (Å²) in [6.45, 7) is 6.09. The molecule has 0 spiro atoms. The summed E-state index contributed by atoms with van der Waals surface area (Å²) in [4.78, 5) is 4.56. The zero-order chi connectivity index (χ0) is 14.2. The molecule has 0 fully saturated rings. The molecule has 4 heteroatoms. The normalized spacial score (nSPS) is 12.6. The SMILES string of the molecule is Cc1nc2cc(CCC(C)(C)N(C)O)ccc2n1C. The number of hydrogen-bond acceptors (Lipinski definition) is 3. The maximum absolute atomic E-state index is 9.59. The third-order valence-electron chi connectivity index (χ3n) is 4.07. The van der Waals surface area contributed by atoms with Gasteiger partial charge in [0.2, 0.25) is 0 Å². The van der Waals surface area contributed by atoms with Crippen LogP contribution in [0.1, 0.15) is 31.7 Å². The molecule has 0 saturated carbocycles. The Bertz CT molecular complexity index is 584. The van der Waals surface area contributed by atoms with Gasteiger partial charge in [-0.2, -0.15) is 5.06 Å². The Kier molecular flexibility index (Phi) is 3.65. The number of nitrogens with zero attached hydrogens (tertiary/aromatic N) is 3. The Morgan fingerprint density at radius 1 is 1.37 bits per heavy atom. The Labute approximate surface area is 114 Å². The standard InChI is InChI=1S/C15H23N3O/c1-11-16-13-10-12(6-7-14(13)17(11)4)8-9-15(2,3)18(5)19/h6-7,10,19H,8-9H2,1-5H3. The molecule has 0 unspecified atom stereocenters. The third kappa shape index (κ3) is 2.80. The van der Waals surface area contributed by atoms with Gasteiger partial charge in [-0.05, 0) is 51.3 Å². The van der Waals surface area contributed by atoms with Crippen LogP contribution in [-0.2, 0) is 13.5 Å². The van der Waals surface area contributed by atoms with Crippen molar-refractivity contribution in [2.45, 2.75) is 39.2 Å². The van der Waals surface area contributed by atoms with Crippen molar-refractivity contribution in [1.29, 1.82) is 0 Å². The van der Waals surface area contributed by atoms with Crippen molar-refractivity contribution < 1.29 is 5.21 Å². The lowest BCUT2D eigenvalue weighted by atomic mass is 9.95. The van der Waals surface area contributed by atoms with E-state index in [-0.39, 0.29) is 5.54 Å². The fourth-order valence-electron chi connectivity index (χ4n) is 2.13. The summed E-state index contributed by atoms with van der Waals surface area (Å²) in [5.41, 5.74) is 3.27. The number of fused-ring (bicyclic) bond motifs is 1. The molecule has 0 saturated heterocycles. The average Bonchev–Trinajstić information content (AvgIpc) is 2.62. The van der Waals surface area contributed by atoms with Gasteiger partial charge in [0.1, 0.15) is 5.82 Å². The molecule has 0 aliphatic carbocycles. The molecule has 4 nitrogen and oxygen atoms in total. The highest BCUT2D eigenvalue weighted by Crippen LogP contribution is 2.21. The van der Waals surface area contributed by atoms with Gasteiger partial charge in [0.15, 0.2) is 0 Å². The summed E-state index contributed by atoms with van der Waals surface area (Å²) in [5.74, 6) is 1.03. The molecule has 2 aromatic rings. The summed E-state index contributed by atoms with van der Waals surface area (Å²) >= 11 is 0. The van der Waals surface area contributed by atoms with E-state index in [2.05, 4.69) is 27.8 Å². The van der Waals surface area contributed by atoms with Gasteiger partial charge in [0.05, 0.1) is 11.0 Å². The zero-order valence-electron chi connectivity index (χ0n) is 12.4. The first-order valence-electron chi connectivity index (χ1n) is 6.66. The molecule has 0 bridgehead atoms. The van der Waals surface area contributed by atoms with Crippen molar-refractivity contribution in [2.24, 2.45) is 7.05 Å². The van der Waals surface area contributed by atoms with Crippen molar-refractivity contribution in [3.05, 3.63) is 29.6 Å². The molecule has 104 valence electrons. The van der Waals surface area contributed by atoms with Crippen molar-refractivity contribution >= 4 is 11.0 Å². The smallest absolute Gasteiger partial charge is 0.106 e. The first-order chi connectivity index (χ1) is 8.81. The van der Waals surface area contributed by atoms with E-state index < -0.39 is 0 Å². The van der Waals surface area contributed by atoms with Gasteiger partial charge in [-0.25, -0.2) is 4.98 Å². The number of aromatic nitrogens is 2. The highest BCUT2D eigenvalue weighted by molar-refractivity contribution is 5.76. The second-order valence-electron chi connectivity index (χ2n) is 5.88. The van der Waals surface area contributed by atoms with Gasteiger partial charge in [0, 0.05) is 19.6 Å². The fraction of sp³-hybridized carbons (Fsp3) is 0.533. The molecule has 0 aliphatic rings. The third-order valence-corrected chi connectivity index (χ3v) is 4.07. The largest absolute Gasteiger partial charge is 0.331 e. The second-order valence-corrected chi connectivity index (χ2v) is 5.88. The van der Waals surface area contributed by atoms with Crippen LogP contribution in [0.15, 0.2) is 18.2 Å². The van der Waals surface area contributed by atoms with Crippen LogP contribution in [0.4, 0.5) is 0 Å². The quantitative estimate of drug-likeness (QED) is 0.860. The van der Waals surface area contributed by atoms with Crippen LogP contribution < -0.4 is 0 Å². The van der Waals surface area contributed by atoms with Crippen molar-refractivity contribution in [1.82, 2.24) is 14.6 Å². The average molecular weight is 261 g/mol. The molecule has 19 heavy (non-hydrogen) atoms. The summed E-state index contributed by atoms with van der Waals surface area (Å²) in [6.07, 6.45) is 1.83. The van der Waals surface area contributed by atoms with Crippen LogP contribution in [0.25, 0.3) is 11.0 Å². The summed E-state index contributed by atoms with van der Waals surface area (Å²) < 4.78 is 2.10. The number of hydrogen-bond donors (Lipinski definition) is 1. The van der Waals surface area contributed by atoms with Crippen LogP contribution in [0, 0.1) is 6.92 Å². The molecule has 2 rings (SSSR count). The highest BCUT2D eigenvalue weighted by atomic mass is 16.5. The van der Waals surface area contributed by atoms with Crippen molar-refractivity contribution in [3.8, 4) is 0 Å². The summed E-state index contributed by atoms with van der Waals surface area (Å²) in [5, 5.41) is 10.9. The second kappa shape index (κ2) is 4.94. The molecule has 1 aromatic heterocycles. The van der Waals surface area contributed by atoms with Gasteiger partial charge >= 0.3 is 0 Å². The van der Waals surface area contributed by atoms with Gasteiger partial charge in [-0.1, -0.05) is 6.07 Å². The van der Waals surface area contributed by atoms with E-state index in [9.17, 15) is 5.21 Å². The van der Waals surface area contributed by atoms with E-state index in [1.54, 1.807) is 7.05 Å². The predicted molar refractivity (Wildman–Crippen MR) is 77.4 cm³/mol. The van der Waals surface area contributed by atoms with E-state index in [0.717, 1.165) is 24.2 Å². The first-order valence-corrected chi connectivity index (χ1v) is 6.66. The first kappa shape index (κ1) is 14.0. The van der Waals surface area contributed by atoms with Crippen LogP contribution in [0.5, 0.6) is 0 Å². The lowest BCUT2D eigenvalue weighted by Crippen LogP contribution is -2.38. The van der Waals surface area contributed by atoms with Gasteiger partial charge < -0.3 is 9.77 Å². The Hall–Kier alpha value is -1.39. The lowest BCUT2D eigenvalue weighted by Gasteiger charge is -2.30. The molecule has 1 heterocycles. The molecule has 1 aromatic carbocycles. The molecule has 0 amide bonds. The van der Waals surface area contributed by atoms with Gasteiger partial charge in [-0.3, -0.25) is 0 Å². The number of rotatable bonds is 4. The highest BCUT2D eigenvalue weighted by Gasteiger charge is 2.21. The molecular weight excluding hydrogens is 238 g/mol. The van der Waals surface area contributed by atoms with Gasteiger partial charge in [-0.15, -0.1) is 0 Å². The molecule has 0 atom stereocenters. The number of aryl methyl sites for hydroxylation is 3. The van der Waals surface area contributed by atoms with E-state index in [1.807, 2.05) is 27.8 Å². The molecule has 0 aliphatic heterocycles. The summed E-state index contributed by atoms with van der Waals surface area (Å²) in [6, 6.07) is 6.42. The molecule has 0 radical (unpaired) electrons. The zero-order valence-corrected chi connectivity index (χ0v) is 12.4. The minimum Gasteiger partial charge on any atom is -0.331 e. The fourth-order valence-corrected chi connectivity index (χ4v) is 2.13. The Morgan fingerprint density at radius 2 is 2.05 bits per heavy atom. The minimum absolute atomic E-state index is 0.213.